The predicted octanol–water partition coefficient (Wildman–Crippen LogP) is 1.23. The van der Waals surface area contributed by atoms with Crippen LogP contribution in [0, 0.1) is 11.7 Å². The molecule has 0 amide bonds. The Labute approximate surface area is 119 Å². The van der Waals surface area contributed by atoms with Crippen LogP contribution in [0.1, 0.15) is 19.8 Å². The van der Waals surface area contributed by atoms with E-state index < -0.39 is 20.9 Å². The van der Waals surface area contributed by atoms with Crippen LogP contribution in [0.3, 0.4) is 0 Å². The average Bonchev–Trinajstić information content (AvgIpc) is 2.46. The molecule has 0 atom stereocenters. The third-order valence-electron chi connectivity index (χ3n) is 3.57. The molecule has 1 aromatic rings. The fraction of sp³-hybridized carbons (Fsp3) is 0.615. The quantitative estimate of drug-likeness (QED) is 0.888. The predicted molar refractivity (Wildman–Crippen MR) is 74.2 cm³/mol. The van der Waals surface area contributed by atoms with E-state index in [0.29, 0.717) is 19.0 Å². The summed E-state index contributed by atoms with van der Waals surface area (Å²) in [4.78, 5) is 3.68. The summed E-state index contributed by atoms with van der Waals surface area (Å²) in [5.41, 5.74) is 0. The summed E-state index contributed by atoms with van der Waals surface area (Å²) in [5, 5.41) is 2.80. The Morgan fingerprint density at radius 3 is 2.75 bits per heavy atom. The van der Waals surface area contributed by atoms with Crippen molar-refractivity contribution >= 4 is 10.0 Å². The number of rotatable bonds is 5. The molecule has 1 fully saturated rings. The highest BCUT2D eigenvalue weighted by Gasteiger charge is 2.32. The highest BCUT2D eigenvalue weighted by molar-refractivity contribution is 7.89. The van der Waals surface area contributed by atoms with Crippen molar-refractivity contribution in [3.63, 3.8) is 0 Å². The second-order valence-corrected chi connectivity index (χ2v) is 6.80. The van der Waals surface area contributed by atoms with Crippen molar-refractivity contribution in [1.82, 2.24) is 14.6 Å². The Hall–Kier alpha value is -1.05. The SMILES string of the molecule is CCNCC1CCN(S(=O)(=O)c2ncccc2F)CC1. The topological polar surface area (TPSA) is 62.3 Å². The minimum Gasteiger partial charge on any atom is -0.317 e. The van der Waals surface area contributed by atoms with E-state index in [1.54, 1.807) is 0 Å². The van der Waals surface area contributed by atoms with Crippen molar-refractivity contribution in [1.29, 1.82) is 0 Å². The maximum atomic E-state index is 13.6. The van der Waals surface area contributed by atoms with E-state index in [-0.39, 0.29) is 0 Å². The number of nitrogens with zero attached hydrogens (tertiary/aromatic N) is 2. The first-order valence-electron chi connectivity index (χ1n) is 6.87. The van der Waals surface area contributed by atoms with Gasteiger partial charge in [-0.1, -0.05) is 6.92 Å². The highest BCUT2D eigenvalue weighted by atomic mass is 32.2. The van der Waals surface area contributed by atoms with E-state index in [1.165, 1.54) is 16.6 Å². The summed E-state index contributed by atoms with van der Waals surface area (Å²) in [6.07, 6.45) is 2.88. The van der Waals surface area contributed by atoms with E-state index in [1.807, 2.05) is 6.92 Å². The Morgan fingerprint density at radius 2 is 2.15 bits per heavy atom. The summed E-state index contributed by atoms with van der Waals surface area (Å²) < 4.78 is 39.6. The monoisotopic (exact) mass is 301 g/mol. The van der Waals surface area contributed by atoms with Gasteiger partial charge in [0.15, 0.2) is 5.82 Å². The molecule has 112 valence electrons. The van der Waals surface area contributed by atoms with Crippen molar-refractivity contribution < 1.29 is 12.8 Å². The number of hydrogen-bond donors (Lipinski definition) is 1. The largest absolute Gasteiger partial charge is 0.317 e. The number of hydrogen-bond acceptors (Lipinski definition) is 4. The molecule has 0 aromatic carbocycles. The van der Waals surface area contributed by atoms with Crippen LogP contribution in [0.15, 0.2) is 23.4 Å². The van der Waals surface area contributed by atoms with Crippen LogP contribution in [0.4, 0.5) is 4.39 Å². The van der Waals surface area contributed by atoms with Crippen LogP contribution in [0.2, 0.25) is 0 Å². The van der Waals surface area contributed by atoms with Crippen molar-refractivity contribution in [2.45, 2.75) is 24.8 Å². The molecular formula is C13H20FN3O2S. The minimum atomic E-state index is -3.81. The number of halogens is 1. The van der Waals surface area contributed by atoms with Gasteiger partial charge < -0.3 is 5.32 Å². The van der Waals surface area contributed by atoms with Gasteiger partial charge in [-0.15, -0.1) is 0 Å². The third kappa shape index (κ3) is 3.34. The molecule has 2 heterocycles. The van der Waals surface area contributed by atoms with Crippen molar-refractivity contribution in [2.24, 2.45) is 5.92 Å². The van der Waals surface area contributed by atoms with Gasteiger partial charge in [0, 0.05) is 19.3 Å². The lowest BCUT2D eigenvalue weighted by molar-refractivity contribution is 0.267. The molecule has 0 spiro atoms. The third-order valence-corrected chi connectivity index (χ3v) is 5.40. The number of pyridine rings is 1. The van der Waals surface area contributed by atoms with Crippen LogP contribution >= 0.6 is 0 Å². The Morgan fingerprint density at radius 1 is 1.45 bits per heavy atom. The lowest BCUT2D eigenvalue weighted by Gasteiger charge is -2.31. The van der Waals surface area contributed by atoms with Crippen LogP contribution in [0.5, 0.6) is 0 Å². The van der Waals surface area contributed by atoms with E-state index >= 15 is 0 Å². The molecule has 1 N–H and O–H groups in total. The van der Waals surface area contributed by atoms with Crippen molar-refractivity contribution in [2.75, 3.05) is 26.2 Å². The number of piperidine rings is 1. The van der Waals surface area contributed by atoms with Crippen molar-refractivity contribution in [3.05, 3.63) is 24.1 Å². The smallest absolute Gasteiger partial charge is 0.263 e. The van der Waals surface area contributed by atoms with Gasteiger partial charge in [-0.3, -0.25) is 0 Å². The normalized spacial score (nSPS) is 18.3. The number of sulfonamides is 1. The summed E-state index contributed by atoms with van der Waals surface area (Å²) in [6.45, 7) is 4.71. The lowest BCUT2D eigenvalue weighted by Crippen LogP contribution is -2.41. The van der Waals surface area contributed by atoms with Gasteiger partial charge in [0.1, 0.15) is 0 Å². The molecule has 2 rings (SSSR count). The van der Waals surface area contributed by atoms with Gasteiger partial charge in [-0.25, -0.2) is 17.8 Å². The molecule has 1 aromatic heterocycles. The lowest BCUT2D eigenvalue weighted by atomic mass is 9.98. The molecule has 20 heavy (non-hydrogen) atoms. The first-order valence-corrected chi connectivity index (χ1v) is 8.31. The second kappa shape index (κ2) is 6.60. The molecule has 0 unspecified atom stereocenters. The first kappa shape index (κ1) is 15.3. The second-order valence-electron chi connectivity index (χ2n) is 4.95. The Kier molecular flexibility index (Phi) is 5.06. The van der Waals surface area contributed by atoms with Crippen LogP contribution < -0.4 is 5.32 Å². The van der Waals surface area contributed by atoms with E-state index in [2.05, 4.69) is 10.3 Å². The van der Waals surface area contributed by atoms with E-state index in [9.17, 15) is 12.8 Å². The molecule has 1 aliphatic rings. The summed E-state index contributed by atoms with van der Waals surface area (Å²) in [7, 11) is -3.81. The average molecular weight is 301 g/mol. The van der Waals surface area contributed by atoms with Crippen LogP contribution in [-0.2, 0) is 10.0 Å². The maximum Gasteiger partial charge on any atom is 0.263 e. The molecular weight excluding hydrogens is 281 g/mol. The number of nitrogens with one attached hydrogen (secondary N) is 1. The van der Waals surface area contributed by atoms with E-state index in [0.717, 1.165) is 32.0 Å². The summed E-state index contributed by atoms with van der Waals surface area (Å²) >= 11 is 0. The molecule has 5 nitrogen and oxygen atoms in total. The standard InChI is InChI=1S/C13H20FN3O2S/c1-2-15-10-11-5-8-17(9-6-11)20(18,19)13-12(14)4-3-7-16-13/h3-4,7,11,15H,2,5-6,8-10H2,1H3. The zero-order valence-corrected chi connectivity index (χ0v) is 12.4. The van der Waals surface area contributed by atoms with Gasteiger partial charge in [-0.2, -0.15) is 4.31 Å². The molecule has 7 heteroatoms. The molecule has 0 aliphatic carbocycles. The fourth-order valence-electron chi connectivity index (χ4n) is 2.39. The molecule has 1 aliphatic heterocycles. The minimum absolute atomic E-state index is 0.425. The number of aromatic nitrogens is 1. The van der Waals surface area contributed by atoms with E-state index in [4.69, 9.17) is 0 Å². The molecule has 0 bridgehead atoms. The molecule has 1 saturated heterocycles. The van der Waals surface area contributed by atoms with Crippen LogP contribution in [-0.4, -0.2) is 43.9 Å². The van der Waals surface area contributed by atoms with Gasteiger partial charge in [-0.05, 0) is 44.0 Å². The van der Waals surface area contributed by atoms with Gasteiger partial charge in [0.25, 0.3) is 10.0 Å². The van der Waals surface area contributed by atoms with Gasteiger partial charge in [0.05, 0.1) is 0 Å². The van der Waals surface area contributed by atoms with Gasteiger partial charge >= 0.3 is 0 Å². The van der Waals surface area contributed by atoms with Crippen molar-refractivity contribution in [3.8, 4) is 0 Å². The maximum absolute atomic E-state index is 13.6. The summed E-state index contributed by atoms with van der Waals surface area (Å²) in [6, 6.07) is 2.51. The molecule has 0 radical (unpaired) electrons. The summed E-state index contributed by atoms with van der Waals surface area (Å²) in [5.74, 6) is -0.308. The highest BCUT2D eigenvalue weighted by Crippen LogP contribution is 2.23. The Balaban J connectivity index is 2.04. The molecule has 0 saturated carbocycles. The zero-order valence-electron chi connectivity index (χ0n) is 11.5. The zero-order chi connectivity index (χ0) is 14.6. The Bertz CT molecular complexity index is 542. The van der Waals surface area contributed by atoms with Crippen LogP contribution in [0.25, 0.3) is 0 Å². The first-order chi connectivity index (χ1) is 9.55. The van der Waals surface area contributed by atoms with Gasteiger partial charge in [0.2, 0.25) is 5.03 Å². The fourth-order valence-corrected chi connectivity index (χ4v) is 3.83.